The first kappa shape index (κ1) is 17.4. The highest BCUT2D eigenvalue weighted by molar-refractivity contribution is 8.01. The molecule has 0 atom stereocenters. The van der Waals surface area contributed by atoms with Gasteiger partial charge in [0.25, 0.3) is 0 Å². The molecule has 0 aliphatic heterocycles. The minimum atomic E-state index is 0.0571. The first-order valence-corrected chi connectivity index (χ1v) is 9.46. The van der Waals surface area contributed by atoms with E-state index in [4.69, 9.17) is 4.74 Å². The zero-order valence-corrected chi connectivity index (χ0v) is 15.3. The molecule has 3 aromatic rings. The average molecular weight is 371 g/mol. The van der Waals surface area contributed by atoms with Crippen LogP contribution in [0.4, 0.5) is 5.13 Å². The van der Waals surface area contributed by atoms with Gasteiger partial charge in [-0.25, -0.2) is 0 Å². The predicted molar refractivity (Wildman–Crippen MR) is 102 cm³/mol. The van der Waals surface area contributed by atoms with Gasteiger partial charge in [-0.1, -0.05) is 53.4 Å². The lowest BCUT2D eigenvalue weighted by molar-refractivity contribution is 0.102. The average Bonchev–Trinajstić information content (AvgIpc) is 3.13. The van der Waals surface area contributed by atoms with Crippen molar-refractivity contribution in [3.05, 3.63) is 65.7 Å². The van der Waals surface area contributed by atoms with E-state index in [0.717, 1.165) is 15.2 Å². The molecular formula is C18H17N3O2S2. The van der Waals surface area contributed by atoms with E-state index in [2.05, 4.69) is 27.6 Å². The van der Waals surface area contributed by atoms with Crippen molar-refractivity contribution in [1.29, 1.82) is 0 Å². The van der Waals surface area contributed by atoms with Crippen LogP contribution < -0.4 is 10.1 Å². The summed E-state index contributed by atoms with van der Waals surface area (Å²) in [5.41, 5.74) is 1.85. The van der Waals surface area contributed by atoms with Crippen molar-refractivity contribution < 1.29 is 9.53 Å². The van der Waals surface area contributed by atoms with Crippen LogP contribution in [0.5, 0.6) is 5.75 Å². The van der Waals surface area contributed by atoms with Crippen LogP contribution in [-0.4, -0.2) is 28.8 Å². The molecule has 0 bridgehead atoms. The molecule has 0 radical (unpaired) electrons. The monoisotopic (exact) mass is 371 g/mol. The van der Waals surface area contributed by atoms with Crippen LogP contribution in [-0.2, 0) is 6.54 Å². The SMILES string of the molecule is COc1ccc(C(=O)CSc2nnc(NCc3ccccc3)s2)cc1. The third-order valence-corrected chi connectivity index (χ3v) is 5.45. The molecular weight excluding hydrogens is 354 g/mol. The van der Waals surface area contributed by atoms with Crippen molar-refractivity contribution in [1.82, 2.24) is 10.2 Å². The standard InChI is InChI=1S/C18H17N3O2S2/c1-23-15-9-7-14(8-10-15)16(22)12-24-18-21-20-17(25-18)19-11-13-5-3-2-4-6-13/h2-10H,11-12H2,1H3,(H,19,20). The van der Waals surface area contributed by atoms with E-state index in [-0.39, 0.29) is 5.78 Å². The lowest BCUT2D eigenvalue weighted by Gasteiger charge is -2.02. The summed E-state index contributed by atoms with van der Waals surface area (Å²) in [5, 5.41) is 12.2. The fourth-order valence-corrected chi connectivity index (χ4v) is 3.74. The Bertz CT molecular complexity index is 820. The topological polar surface area (TPSA) is 64.1 Å². The van der Waals surface area contributed by atoms with E-state index in [1.54, 1.807) is 31.4 Å². The predicted octanol–water partition coefficient (Wildman–Crippen LogP) is 4.13. The Morgan fingerprint density at radius 2 is 1.88 bits per heavy atom. The molecule has 25 heavy (non-hydrogen) atoms. The molecule has 0 saturated carbocycles. The van der Waals surface area contributed by atoms with Gasteiger partial charge in [0.2, 0.25) is 5.13 Å². The molecule has 0 amide bonds. The number of nitrogens with one attached hydrogen (secondary N) is 1. The maximum absolute atomic E-state index is 12.2. The van der Waals surface area contributed by atoms with Gasteiger partial charge in [0.15, 0.2) is 10.1 Å². The van der Waals surface area contributed by atoms with Gasteiger partial charge < -0.3 is 10.1 Å². The molecule has 0 aliphatic rings. The summed E-state index contributed by atoms with van der Waals surface area (Å²) < 4.78 is 5.87. The van der Waals surface area contributed by atoms with Crippen molar-refractivity contribution >= 4 is 34.0 Å². The molecule has 0 aliphatic carbocycles. The fraction of sp³-hybridized carbons (Fsp3) is 0.167. The zero-order valence-electron chi connectivity index (χ0n) is 13.6. The molecule has 0 spiro atoms. The number of carbonyl (C=O) groups excluding carboxylic acids is 1. The second kappa shape index (κ2) is 8.64. The smallest absolute Gasteiger partial charge is 0.206 e. The molecule has 1 heterocycles. The largest absolute Gasteiger partial charge is 0.497 e. The van der Waals surface area contributed by atoms with E-state index >= 15 is 0 Å². The first-order chi connectivity index (χ1) is 12.2. The number of aromatic nitrogens is 2. The van der Waals surface area contributed by atoms with E-state index in [1.807, 2.05) is 18.2 Å². The molecule has 7 heteroatoms. The van der Waals surface area contributed by atoms with Crippen LogP contribution in [0.3, 0.4) is 0 Å². The van der Waals surface area contributed by atoms with E-state index in [9.17, 15) is 4.79 Å². The maximum atomic E-state index is 12.2. The molecule has 0 fully saturated rings. The van der Waals surface area contributed by atoms with Crippen LogP contribution in [0.1, 0.15) is 15.9 Å². The van der Waals surface area contributed by atoms with Gasteiger partial charge in [0, 0.05) is 12.1 Å². The molecule has 3 rings (SSSR count). The Kier molecular flexibility index (Phi) is 6.03. The van der Waals surface area contributed by atoms with Gasteiger partial charge in [-0.2, -0.15) is 0 Å². The third kappa shape index (κ3) is 5.04. The Hall–Kier alpha value is -2.38. The van der Waals surface area contributed by atoms with Crippen LogP contribution in [0.15, 0.2) is 58.9 Å². The van der Waals surface area contributed by atoms with Crippen molar-refractivity contribution in [2.45, 2.75) is 10.9 Å². The zero-order chi connectivity index (χ0) is 17.5. The summed E-state index contributed by atoms with van der Waals surface area (Å²) in [6.45, 7) is 0.699. The number of ketones is 1. The molecule has 2 aromatic carbocycles. The second-order valence-corrected chi connectivity index (χ2v) is 7.35. The molecule has 0 unspecified atom stereocenters. The number of nitrogens with zero attached hydrogens (tertiary/aromatic N) is 2. The normalized spacial score (nSPS) is 10.4. The van der Waals surface area contributed by atoms with Crippen molar-refractivity contribution in [2.24, 2.45) is 0 Å². The first-order valence-electron chi connectivity index (χ1n) is 7.66. The lowest BCUT2D eigenvalue weighted by atomic mass is 10.1. The Labute approximate surface area is 154 Å². The summed E-state index contributed by atoms with van der Waals surface area (Å²) in [7, 11) is 1.60. The quantitative estimate of drug-likeness (QED) is 0.474. The summed E-state index contributed by atoms with van der Waals surface area (Å²) in [5.74, 6) is 1.13. The van der Waals surface area contributed by atoms with E-state index < -0.39 is 0 Å². The van der Waals surface area contributed by atoms with Gasteiger partial charge in [-0.05, 0) is 29.8 Å². The molecule has 128 valence electrons. The van der Waals surface area contributed by atoms with Crippen LogP contribution >= 0.6 is 23.1 Å². The highest BCUT2D eigenvalue weighted by Gasteiger charge is 2.10. The lowest BCUT2D eigenvalue weighted by Crippen LogP contribution is -2.02. The number of anilines is 1. The molecule has 5 nitrogen and oxygen atoms in total. The highest BCUT2D eigenvalue weighted by Crippen LogP contribution is 2.26. The number of methoxy groups -OCH3 is 1. The maximum Gasteiger partial charge on any atom is 0.206 e. The van der Waals surface area contributed by atoms with Crippen molar-refractivity contribution in [2.75, 3.05) is 18.2 Å². The Morgan fingerprint density at radius 3 is 2.60 bits per heavy atom. The van der Waals surface area contributed by atoms with E-state index in [0.29, 0.717) is 17.9 Å². The van der Waals surface area contributed by atoms with Gasteiger partial charge in [-0.3, -0.25) is 4.79 Å². The number of benzene rings is 2. The number of Topliss-reactive ketones (excluding diaryl/α,β-unsaturated/α-hetero) is 1. The van der Waals surface area contributed by atoms with Gasteiger partial charge >= 0.3 is 0 Å². The fourth-order valence-electron chi connectivity index (χ4n) is 2.10. The van der Waals surface area contributed by atoms with Crippen LogP contribution in [0, 0.1) is 0 Å². The number of rotatable bonds is 8. The van der Waals surface area contributed by atoms with Crippen molar-refractivity contribution in [3.63, 3.8) is 0 Å². The summed E-state index contributed by atoms with van der Waals surface area (Å²) in [4.78, 5) is 12.2. The number of hydrogen-bond acceptors (Lipinski definition) is 7. The van der Waals surface area contributed by atoms with Crippen LogP contribution in [0.2, 0.25) is 0 Å². The van der Waals surface area contributed by atoms with Gasteiger partial charge in [-0.15, -0.1) is 10.2 Å². The number of thioether (sulfide) groups is 1. The van der Waals surface area contributed by atoms with Crippen LogP contribution in [0.25, 0.3) is 0 Å². The number of hydrogen-bond donors (Lipinski definition) is 1. The Morgan fingerprint density at radius 1 is 1.12 bits per heavy atom. The summed E-state index contributed by atoms with van der Waals surface area (Å²) in [6, 6.07) is 17.2. The second-order valence-electron chi connectivity index (χ2n) is 5.15. The summed E-state index contributed by atoms with van der Waals surface area (Å²) in [6.07, 6.45) is 0. The van der Waals surface area contributed by atoms with Crippen molar-refractivity contribution in [3.8, 4) is 5.75 Å². The number of ether oxygens (including phenoxy) is 1. The highest BCUT2D eigenvalue weighted by atomic mass is 32.2. The van der Waals surface area contributed by atoms with Gasteiger partial charge in [0.05, 0.1) is 12.9 Å². The third-order valence-electron chi connectivity index (χ3n) is 3.43. The number of carbonyl (C=O) groups is 1. The molecule has 1 aromatic heterocycles. The van der Waals surface area contributed by atoms with Gasteiger partial charge in [0.1, 0.15) is 5.75 Å². The molecule has 1 N–H and O–H groups in total. The minimum Gasteiger partial charge on any atom is -0.497 e. The molecule has 0 saturated heterocycles. The van der Waals surface area contributed by atoms with E-state index in [1.165, 1.54) is 28.7 Å². The summed E-state index contributed by atoms with van der Waals surface area (Å²) >= 11 is 2.85. The Balaban J connectivity index is 1.50. The minimum absolute atomic E-state index is 0.0571.